The fraction of sp³-hybridized carbons (Fsp3) is 0.533. The van der Waals surface area contributed by atoms with Crippen LogP contribution in [0.5, 0.6) is 0 Å². The van der Waals surface area contributed by atoms with E-state index >= 15 is 0 Å². The highest BCUT2D eigenvalue weighted by Gasteiger charge is 2.19. The molecular formula is C15H24N2O3. The van der Waals surface area contributed by atoms with E-state index in [0.717, 1.165) is 11.3 Å². The van der Waals surface area contributed by atoms with Crippen LogP contribution in [0.1, 0.15) is 26.3 Å². The zero-order valence-electron chi connectivity index (χ0n) is 12.6. The molecule has 0 spiro atoms. The van der Waals surface area contributed by atoms with Crippen LogP contribution in [0.25, 0.3) is 0 Å². The van der Waals surface area contributed by atoms with E-state index < -0.39 is 5.60 Å². The number of nitrogens with one attached hydrogen (secondary N) is 1. The molecule has 0 aliphatic rings. The van der Waals surface area contributed by atoms with Crippen molar-refractivity contribution >= 4 is 11.7 Å². The van der Waals surface area contributed by atoms with Crippen molar-refractivity contribution < 1.29 is 14.6 Å². The monoisotopic (exact) mass is 280 g/mol. The third-order valence-electron chi connectivity index (χ3n) is 2.65. The lowest BCUT2D eigenvalue weighted by Gasteiger charge is -2.25. The number of carbonyl (C=O) groups excluding carboxylic acids is 1. The molecule has 20 heavy (non-hydrogen) atoms. The molecule has 0 fully saturated rings. The van der Waals surface area contributed by atoms with Crippen molar-refractivity contribution in [3.63, 3.8) is 0 Å². The Hall–Kier alpha value is -1.59. The van der Waals surface area contributed by atoms with Gasteiger partial charge in [-0.25, -0.2) is 4.79 Å². The molecule has 0 saturated heterocycles. The molecule has 112 valence electrons. The zero-order valence-corrected chi connectivity index (χ0v) is 12.6. The van der Waals surface area contributed by atoms with Gasteiger partial charge in [0.25, 0.3) is 0 Å². The van der Waals surface area contributed by atoms with Gasteiger partial charge in [-0.3, -0.25) is 0 Å². The molecule has 5 nitrogen and oxygen atoms in total. The zero-order chi connectivity index (χ0) is 15.2. The third kappa shape index (κ3) is 6.04. The van der Waals surface area contributed by atoms with Gasteiger partial charge in [-0.1, -0.05) is 12.1 Å². The number of amides is 2. The van der Waals surface area contributed by atoms with Crippen LogP contribution < -0.4 is 5.32 Å². The van der Waals surface area contributed by atoms with Gasteiger partial charge in [-0.2, -0.15) is 0 Å². The van der Waals surface area contributed by atoms with Crippen molar-refractivity contribution in [2.75, 3.05) is 25.5 Å². The predicted molar refractivity (Wildman–Crippen MR) is 79.7 cm³/mol. The molecule has 0 unspecified atom stereocenters. The van der Waals surface area contributed by atoms with Crippen LogP contribution in [0.4, 0.5) is 10.5 Å². The highest BCUT2D eigenvalue weighted by Crippen LogP contribution is 2.12. The van der Waals surface area contributed by atoms with Crippen LogP contribution in [0.15, 0.2) is 24.3 Å². The third-order valence-corrected chi connectivity index (χ3v) is 2.65. The summed E-state index contributed by atoms with van der Waals surface area (Å²) in [5.41, 5.74) is 0.875. The van der Waals surface area contributed by atoms with Gasteiger partial charge >= 0.3 is 6.03 Å². The lowest BCUT2D eigenvalue weighted by Crippen LogP contribution is -2.41. The number of ether oxygens (including phenoxy) is 1. The number of nitrogens with zero attached hydrogens (tertiary/aromatic N) is 1. The molecule has 1 aromatic carbocycles. The topological polar surface area (TPSA) is 61.8 Å². The van der Waals surface area contributed by atoms with Gasteiger partial charge in [-0.15, -0.1) is 0 Å². The Morgan fingerprint density at radius 2 is 1.95 bits per heavy atom. The number of hydrogen-bond donors (Lipinski definition) is 2. The summed E-state index contributed by atoms with van der Waals surface area (Å²) < 4.78 is 5.31. The Bertz CT molecular complexity index is 424. The van der Waals surface area contributed by atoms with E-state index in [1.54, 1.807) is 20.9 Å². The number of benzene rings is 1. The fourth-order valence-electron chi connectivity index (χ4n) is 1.78. The van der Waals surface area contributed by atoms with Crippen LogP contribution >= 0.6 is 0 Å². The first kappa shape index (κ1) is 16.5. The number of carbonyl (C=O) groups is 1. The van der Waals surface area contributed by atoms with E-state index in [9.17, 15) is 9.90 Å². The average molecular weight is 280 g/mol. The lowest BCUT2D eigenvalue weighted by molar-refractivity contribution is 0.0550. The SMILES string of the molecule is CCOCc1ccc(NC(=O)N(C)CC(C)(C)O)cc1. The number of urea groups is 1. The summed E-state index contributed by atoms with van der Waals surface area (Å²) >= 11 is 0. The largest absolute Gasteiger partial charge is 0.389 e. The minimum atomic E-state index is -0.909. The number of hydrogen-bond acceptors (Lipinski definition) is 3. The highest BCUT2D eigenvalue weighted by atomic mass is 16.5. The van der Waals surface area contributed by atoms with Crippen molar-refractivity contribution in [2.24, 2.45) is 0 Å². The van der Waals surface area contributed by atoms with Crippen LogP contribution in [0, 0.1) is 0 Å². The summed E-state index contributed by atoms with van der Waals surface area (Å²) in [5, 5.41) is 12.5. The van der Waals surface area contributed by atoms with Gasteiger partial charge in [0.15, 0.2) is 0 Å². The molecule has 0 aliphatic carbocycles. The van der Waals surface area contributed by atoms with E-state index in [1.807, 2.05) is 31.2 Å². The molecule has 0 heterocycles. The van der Waals surface area contributed by atoms with Crippen LogP contribution in [-0.4, -0.2) is 41.8 Å². The highest BCUT2D eigenvalue weighted by molar-refractivity contribution is 5.89. The van der Waals surface area contributed by atoms with Crippen molar-refractivity contribution in [1.29, 1.82) is 0 Å². The van der Waals surface area contributed by atoms with Crippen molar-refractivity contribution in [3.05, 3.63) is 29.8 Å². The summed E-state index contributed by atoms with van der Waals surface area (Å²) in [7, 11) is 1.65. The van der Waals surface area contributed by atoms with Gasteiger partial charge in [0.05, 0.1) is 18.8 Å². The smallest absolute Gasteiger partial charge is 0.321 e. The van der Waals surface area contributed by atoms with E-state index in [4.69, 9.17) is 4.74 Å². The summed E-state index contributed by atoms with van der Waals surface area (Å²) in [6.07, 6.45) is 0. The van der Waals surface area contributed by atoms with Crippen LogP contribution in [0.2, 0.25) is 0 Å². The molecule has 2 N–H and O–H groups in total. The van der Waals surface area contributed by atoms with Gasteiger partial charge < -0.3 is 20.1 Å². The minimum Gasteiger partial charge on any atom is -0.389 e. The number of likely N-dealkylation sites (N-methyl/N-ethyl adjacent to an activating group) is 1. The molecular weight excluding hydrogens is 256 g/mol. The summed E-state index contributed by atoms with van der Waals surface area (Å²) in [6, 6.07) is 7.27. The van der Waals surface area contributed by atoms with Gasteiger partial charge in [0.1, 0.15) is 0 Å². The second kappa shape index (κ2) is 7.26. The quantitative estimate of drug-likeness (QED) is 0.841. The Balaban J connectivity index is 2.53. The van der Waals surface area contributed by atoms with Crippen LogP contribution in [0.3, 0.4) is 0 Å². The average Bonchev–Trinajstić information content (AvgIpc) is 2.36. The number of aliphatic hydroxyl groups is 1. The molecule has 0 aromatic heterocycles. The summed E-state index contributed by atoms with van der Waals surface area (Å²) in [6.45, 7) is 6.80. The van der Waals surface area contributed by atoms with Crippen molar-refractivity contribution in [1.82, 2.24) is 4.90 Å². The Labute approximate surface area is 120 Å². The van der Waals surface area contributed by atoms with E-state index in [2.05, 4.69) is 5.32 Å². The second-order valence-corrected chi connectivity index (χ2v) is 5.43. The van der Waals surface area contributed by atoms with Gasteiger partial charge in [0.2, 0.25) is 0 Å². The lowest BCUT2D eigenvalue weighted by atomic mass is 10.1. The molecule has 1 rings (SSSR count). The standard InChI is InChI=1S/C15H24N2O3/c1-5-20-10-12-6-8-13(9-7-12)16-14(18)17(4)11-15(2,3)19/h6-9,19H,5,10-11H2,1-4H3,(H,16,18). The first-order chi connectivity index (χ1) is 9.31. The van der Waals surface area contributed by atoms with E-state index in [1.165, 1.54) is 4.90 Å². The van der Waals surface area contributed by atoms with Crippen molar-refractivity contribution in [3.8, 4) is 0 Å². The molecule has 1 aromatic rings. The fourth-order valence-corrected chi connectivity index (χ4v) is 1.78. The molecule has 0 bridgehead atoms. The minimum absolute atomic E-state index is 0.246. The maximum atomic E-state index is 11.9. The summed E-state index contributed by atoms with van der Waals surface area (Å²) in [4.78, 5) is 13.4. The second-order valence-electron chi connectivity index (χ2n) is 5.43. The Morgan fingerprint density at radius 1 is 1.35 bits per heavy atom. The molecule has 5 heteroatoms. The Kier molecular flexibility index (Phi) is 5.98. The number of anilines is 1. The van der Waals surface area contributed by atoms with Crippen molar-refractivity contribution in [2.45, 2.75) is 33.0 Å². The first-order valence-electron chi connectivity index (χ1n) is 6.73. The van der Waals surface area contributed by atoms with Crippen LogP contribution in [-0.2, 0) is 11.3 Å². The normalized spacial score (nSPS) is 11.2. The van der Waals surface area contributed by atoms with E-state index in [0.29, 0.717) is 13.2 Å². The maximum absolute atomic E-state index is 11.9. The molecule has 0 atom stereocenters. The molecule has 2 amide bonds. The Morgan fingerprint density at radius 3 is 2.45 bits per heavy atom. The summed E-state index contributed by atoms with van der Waals surface area (Å²) in [5.74, 6) is 0. The molecule has 0 saturated carbocycles. The molecule has 0 aliphatic heterocycles. The van der Waals surface area contributed by atoms with E-state index in [-0.39, 0.29) is 12.6 Å². The number of rotatable bonds is 6. The first-order valence-corrected chi connectivity index (χ1v) is 6.73. The maximum Gasteiger partial charge on any atom is 0.321 e. The van der Waals surface area contributed by atoms with Gasteiger partial charge in [0, 0.05) is 19.3 Å². The van der Waals surface area contributed by atoms with Gasteiger partial charge in [-0.05, 0) is 38.5 Å². The predicted octanol–water partition coefficient (Wildman–Crippen LogP) is 2.46. The molecule has 0 radical (unpaired) electrons.